The molecule has 18 heavy (non-hydrogen) atoms. The first kappa shape index (κ1) is 14.2. The zero-order chi connectivity index (χ0) is 13.0. The van der Waals surface area contributed by atoms with Gasteiger partial charge in [0.1, 0.15) is 0 Å². The van der Waals surface area contributed by atoms with E-state index in [0.717, 1.165) is 44.3 Å². The number of rotatable bonds is 4. The second-order valence-corrected chi connectivity index (χ2v) is 7.32. The maximum Gasteiger partial charge on any atom is 0.238 e. The van der Waals surface area contributed by atoms with Crippen LogP contribution in [-0.2, 0) is 4.79 Å². The number of thioether (sulfide) groups is 1. The highest BCUT2D eigenvalue weighted by Gasteiger charge is 2.40. The Morgan fingerprint density at radius 1 is 1.44 bits per heavy atom. The molecule has 2 heterocycles. The summed E-state index contributed by atoms with van der Waals surface area (Å²) in [7, 11) is 0. The van der Waals surface area contributed by atoms with Crippen molar-refractivity contribution < 1.29 is 4.79 Å². The van der Waals surface area contributed by atoms with Gasteiger partial charge in [0, 0.05) is 13.1 Å². The SMILES string of the molecule is CCNCC1CCN(C(=O)C2(C)CCCS2)CC1. The van der Waals surface area contributed by atoms with E-state index in [4.69, 9.17) is 0 Å². The molecule has 1 atom stereocenters. The molecule has 1 N–H and O–H groups in total. The number of nitrogens with one attached hydrogen (secondary N) is 1. The van der Waals surface area contributed by atoms with E-state index in [1.807, 2.05) is 11.8 Å². The second kappa shape index (κ2) is 6.29. The smallest absolute Gasteiger partial charge is 0.238 e. The van der Waals surface area contributed by atoms with E-state index in [9.17, 15) is 4.79 Å². The Bertz CT molecular complexity index is 282. The lowest BCUT2D eigenvalue weighted by Gasteiger charge is -2.36. The summed E-state index contributed by atoms with van der Waals surface area (Å²) in [6.07, 6.45) is 4.59. The van der Waals surface area contributed by atoms with E-state index in [1.165, 1.54) is 19.3 Å². The minimum absolute atomic E-state index is 0.117. The molecule has 104 valence electrons. The normalized spacial score (nSPS) is 29.8. The van der Waals surface area contributed by atoms with Crippen LogP contribution < -0.4 is 5.32 Å². The minimum atomic E-state index is -0.117. The van der Waals surface area contributed by atoms with Gasteiger partial charge in [-0.1, -0.05) is 6.92 Å². The summed E-state index contributed by atoms with van der Waals surface area (Å²) < 4.78 is -0.117. The van der Waals surface area contributed by atoms with Crippen LogP contribution in [0.3, 0.4) is 0 Å². The van der Waals surface area contributed by atoms with Gasteiger partial charge in [-0.25, -0.2) is 0 Å². The number of amides is 1. The zero-order valence-corrected chi connectivity index (χ0v) is 12.5. The summed E-state index contributed by atoms with van der Waals surface area (Å²) in [5.41, 5.74) is 0. The third-order valence-corrected chi connectivity index (χ3v) is 5.76. The highest BCUT2D eigenvalue weighted by Crippen LogP contribution is 2.39. The fraction of sp³-hybridized carbons (Fsp3) is 0.929. The maximum atomic E-state index is 12.5. The molecule has 0 aromatic rings. The van der Waals surface area contributed by atoms with Gasteiger partial charge in [0.25, 0.3) is 0 Å². The fourth-order valence-electron chi connectivity index (χ4n) is 2.97. The highest BCUT2D eigenvalue weighted by molar-refractivity contribution is 8.01. The Labute approximate surface area is 115 Å². The van der Waals surface area contributed by atoms with Gasteiger partial charge in [-0.15, -0.1) is 11.8 Å². The molecule has 4 heteroatoms. The molecule has 0 bridgehead atoms. The Hall–Kier alpha value is -0.220. The molecule has 0 radical (unpaired) electrons. The Morgan fingerprint density at radius 3 is 2.72 bits per heavy atom. The lowest BCUT2D eigenvalue weighted by molar-refractivity contribution is -0.134. The van der Waals surface area contributed by atoms with Crippen molar-refractivity contribution in [2.24, 2.45) is 5.92 Å². The average molecular weight is 270 g/mol. The largest absolute Gasteiger partial charge is 0.341 e. The third kappa shape index (κ3) is 3.21. The molecule has 2 aliphatic rings. The van der Waals surface area contributed by atoms with E-state index in [-0.39, 0.29) is 4.75 Å². The summed E-state index contributed by atoms with van der Waals surface area (Å²) in [5, 5.41) is 3.42. The molecule has 0 aromatic carbocycles. The lowest BCUT2D eigenvalue weighted by atomic mass is 9.95. The molecule has 0 aromatic heterocycles. The predicted molar refractivity (Wildman–Crippen MR) is 77.9 cm³/mol. The Balaban J connectivity index is 1.80. The minimum Gasteiger partial charge on any atom is -0.341 e. The number of likely N-dealkylation sites (tertiary alicyclic amines) is 1. The summed E-state index contributed by atoms with van der Waals surface area (Å²) in [6.45, 7) is 8.38. The maximum absolute atomic E-state index is 12.5. The van der Waals surface area contributed by atoms with Crippen LogP contribution in [-0.4, -0.2) is 47.5 Å². The Kier molecular flexibility index (Phi) is 4.96. The van der Waals surface area contributed by atoms with Crippen molar-refractivity contribution in [2.45, 2.75) is 44.3 Å². The van der Waals surface area contributed by atoms with Gasteiger partial charge < -0.3 is 10.2 Å². The molecular weight excluding hydrogens is 244 g/mol. The number of piperidine rings is 1. The van der Waals surface area contributed by atoms with Gasteiger partial charge >= 0.3 is 0 Å². The van der Waals surface area contributed by atoms with Crippen LogP contribution in [0.15, 0.2) is 0 Å². The molecule has 2 aliphatic heterocycles. The van der Waals surface area contributed by atoms with Gasteiger partial charge in [-0.05, 0) is 57.4 Å². The van der Waals surface area contributed by atoms with Crippen LogP contribution in [0, 0.1) is 5.92 Å². The summed E-state index contributed by atoms with van der Waals surface area (Å²) in [4.78, 5) is 14.6. The van der Waals surface area contributed by atoms with Gasteiger partial charge in [0.2, 0.25) is 5.91 Å². The standard InChI is InChI=1S/C14H26N2OS/c1-3-15-11-12-5-8-16(9-6-12)13(17)14(2)7-4-10-18-14/h12,15H,3-11H2,1-2H3. The molecule has 3 nitrogen and oxygen atoms in total. The van der Waals surface area contributed by atoms with Crippen LogP contribution in [0.4, 0.5) is 0 Å². The van der Waals surface area contributed by atoms with E-state index in [0.29, 0.717) is 5.91 Å². The topological polar surface area (TPSA) is 32.3 Å². The van der Waals surface area contributed by atoms with Crippen molar-refractivity contribution in [3.63, 3.8) is 0 Å². The summed E-state index contributed by atoms with van der Waals surface area (Å²) in [6, 6.07) is 0. The van der Waals surface area contributed by atoms with Gasteiger partial charge in [0.05, 0.1) is 4.75 Å². The van der Waals surface area contributed by atoms with Gasteiger partial charge in [-0.2, -0.15) is 0 Å². The molecule has 0 saturated carbocycles. The molecule has 0 spiro atoms. The second-order valence-electron chi connectivity index (χ2n) is 5.73. The fourth-order valence-corrected chi connectivity index (χ4v) is 4.25. The van der Waals surface area contributed by atoms with Crippen LogP contribution in [0.25, 0.3) is 0 Å². The molecule has 1 amide bonds. The average Bonchev–Trinajstić information content (AvgIpc) is 2.84. The zero-order valence-electron chi connectivity index (χ0n) is 11.7. The van der Waals surface area contributed by atoms with Crippen molar-refractivity contribution in [3.05, 3.63) is 0 Å². The number of carbonyl (C=O) groups excluding carboxylic acids is 1. The molecule has 2 rings (SSSR count). The number of nitrogens with zero attached hydrogens (tertiary/aromatic N) is 1. The Morgan fingerprint density at radius 2 is 2.17 bits per heavy atom. The van der Waals surface area contributed by atoms with Crippen molar-refractivity contribution in [1.82, 2.24) is 10.2 Å². The first-order chi connectivity index (χ1) is 8.65. The van der Waals surface area contributed by atoms with E-state index in [2.05, 4.69) is 24.1 Å². The number of hydrogen-bond donors (Lipinski definition) is 1. The van der Waals surface area contributed by atoms with Crippen LogP contribution in [0.2, 0.25) is 0 Å². The van der Waals surface area contributed by atoms with Crippen molar-refractivity contribution in [2.75, 3.05) is 31.9 Å². The number of hydrogen-bond acceptors (Lipinski definition) is 3. The number of carbonyl (C=O) groups is 1. The van der Waals surface area contributed by atoms with Crippen LogP contribution in [0.1, 0.15) is 39.5 Å². The van der Waals surface area contributed by atoms with Gasteiger partial charge in [-0.3, -0.25) is 4.79 Å². The lowest BCUT2D eigenvalue weighted by Crippen LogP contribution is -2.48. The summed E-state index contributed by atoms with van der Waals surface area (Å²) >= 11 is 1.86. The van der Waals surface area contributed by atoms with Gasteiger partial charge in [0.15, 0.2) is 0 Å². The van der Waals surface area contributed by atoms with Crippen molar-refractivity contribution in [1.29, 1.82) is 0 Å². The molecule has 2 fully saturated rings. The molecular formula is C14H26N2OS. The highest BCUT2D eigenvalue weighted by atomic mass is 32.2. The van der Waals surface area contributed by atoms with Crippen LogP contribution >= 0.6 is 11.8 Å². The third-order valence-electron chi connectivity index (χ3n) is 4.26. The quantitative estimate of drug-likeness (QED) is 0.849. The molecule has 0 aliphatic carbocycles. The van der Waals surface area contributed by atoms with Crippen molar-refractivity contribution >= 4 is 17.7 Å². The van der Waals surface area contributed by atoms with Crippen molar-refractivity contribution in [3.8, 4) is 0 Å². The van der Waals surface area contributed by atoms with E-state index in [1.54, 1.807) is 0 Å². The van der Waals surface area contributed by atoms with Crippen LogP contribution in [0.5, 0.6) is 0 Å². The van der Waals surface area contributed by atoms with E-state index < -0.39 is 0 Å². The predicted octanol–water partition coefficient (Wildman–Crippen LogP) is 2.12. The first-order valence-corrected chi connectivity index (χ1v) is 8.28. The molecule has 2 saturated heterocycles. The summed E-state index contributed by atoms with van der Waals surface area (Å²) in [5.74, 6) is 2.31. The monoisotopic (exact) mass is 270 g/mol. The van der Waals surface area contributed by atoms with E-state index >= 15 is 0 Å². The first-order valence-electron chi connectivity index (χ1n) is 7.30. The molecule has 1 unspecified atom stereocenters.